The summed E-state index contributed by atoms with van der Waals surface area (Å²) in [5.41, 5.74) is 1.37. The van der Waals surface area contributed by atoms with Crippen molar-refractivity contribution in [2.45, 2.75) is 51.6 Å². The highest BCUT2D eigenvalue weighted by Gasteiger charge is 2.20. The molecular weight excluding hydrogens is 274 g/mol. The van der Waals surface area contributed by atoms with Crippen LogP contribution in [0.4, 0.5) is 0 Å². The lowest BCUT2D eigenvalue weighted by Gasteiger charge is -2.29. The monoisotopic (exact) mass is 295 g/mol. The van der Waals surface area contributed by atoms with Gasteiger partial charge in [0.25, 0.3) is 0 Å². The van der Waals surface area contributed by atoms with Crippen molar-refractivity contribution in [3.63, 3.8) is 0 Å². The summed E-state index contributed by atoms with van der Waals surface area (Å²) in [5, 5.41) is 3.71. The van der Waals surface area contributed by atoms with Crippen LogP contribution in [0.1, 0.15) is 44.6 Å². The third-order valence-electron chi connectivity index (χ3n) is 3.90. The Balaban J connectivity index is 1.84. The molecule has 0 spiro atoms. The molecule has 2 heteroatoms. The van der Waals surface area contributed by atoms with E-state index < -0.39 is 0 Å². The van der Waals surface area contributed by atoms with Crippen LogP contribution in [-0.4, -0.2) is 6.04 Å². The van der Waals surface area contributed by atoms with Crippen molar-refractivity contribution >= 4 is 15.9 Å². The number of rotatable bonds is 4. The van der Waals surface area contributed by atoms with Gasteiger partial charge in [0, 0.05) is 17.1 Å². The van der Waals surface area contributed by atoms with Crippen LogP contribution in [0, 0.1) is 5.92 Å². The molecule has 0 aliphatic heterocycles. The summed E-state index contributed by atoms with van der Waals surface area (Å²) in [5.74, 6) is 0.945. The largest absolute Gasteiger partial charge is 0.310 e. The van der Waals surface area contributed by atoms with Crippen LogP contribution in [0.15, 0.2) is 28.7 Å². The van der Waals surface area contributed by atoms with Gasteiger partial charge in [0.2, 0.25) is 0 Å². The smallest absolute Gasteiger partial charge is 0.0220 e. The lowest BCUT2D eigenvalue weighted by atomic mass is 9.84. The standard InChI is InChI=1S/C15H22BrN/c1-2-12-6-5-8-14(10-12)17-11-13-7-3-4-9-15(13)16/h3-4,7,9,12,14,17H,2,5-6,8,10-11H2,1H3. The molecule has 2 atom stereocenters. The van der Waals surface area contributed by atoms with Crippen LogP contribution in [0.25, 0.3) is 0 Å². The van der Waals surface area contributed by atoms with E-state index in [0.29, 0.717) is 0 Å². The summed E-state index contributed by atoms with van der Waals surface area (Å²) in [7, 11) is 0. The quantitative estimate of drug-likeness (QED) is 0.862. The molecule has 1 fully saturated rings. The van der Waals surface area contributed by atoms with Crippen molar-refractivity contribution in [2.75, 3.05) is 0 Å². The van der Waals surface area contributed by atoms with Crippen molar-refractivity contribution in [3.05, 3.63) is 34.3 Å². The summed E-state index contributed by atoms with van der Waals surface area (Å²) >= 11 is 3.61. The number of nitrogens with one attached hydrogen (secondary N) is 1. The molecule has 1 nitrogen and oxygen atoms in total. The minimum absolute atomic E-state index is 0.723. The van der Waals surface area contributed by atoms with Gasteiger partial charge >= 0.3 is 0 Å². The Kier molecular flexibility index (Phi) is 5.05. The van der Waals surface area contributed by atoms with Gasteiger partial charge in [-0.15, -0.1) is 0 Å². The van der Waals surface area contributed by atoms with Crippen molar-refractivity contribution in [1.29, 1.82) is 0 Å². The normalized spacial score (nSPS) is 24.8. The highest BCUT2D eigenvalue weighted by molar-refractivity contribution is 9.10. The molecule has 0 amide bonds. The third-order valence-corrected chi connectivity index (χ3v) is 4.67. The summed E-state index contributed by atoms with van der Waals surface area (Å²) in [6.07, 6.45) is 6.88. The van der Waals surface area contributed by atoms with E-state index in [2.05, 4.69) is 52.4 Å². The highest BCUT2D eigenvalue weighted by atomic mass is 79.9. The molecule has 1 aromatic carbocycles. The van der Waals surface area contributed by atoms with Crippen LogP contribution in [-0.2, 0) is 6.54 Å². The zero-order chi connectivity index (χ0) is 12.1. The first-order chi connectivity index (χ1) is 8.29. The van der Waals surface area contributed by atoms with Gasteiger partial charge in [0.15, 0.2) is 0 Å². The van der Waals surface area contributed by atoms with Gasteiger partial charge in [-0.3, -0.25) is 0 Å². The zero-order valence-corrected chi connectivity index (χ0v) is 12.2. The third kappa shape index (κ3) is 3.82. The maximum atomic E-state index is 3.71. The topological polar surface area (TPSA) is 12.0 Å². The number of benzene rings is 1. The molecule has 94 valence electrons. The van der Waals surface area contributed by atoms with E-state index in [4.69, 9.17) is 0 Å². The molecule has 0 bridgehead atoms. The second kappa shape index (κ2) is 6.55. The second-order valence-electron chi connectivity index (χ2n) is 5.11. The van der Waals surface area contributed by atoms with E-state index in [9.17, 15) is 0 Å². The first kappa shape index (κ1) is 13.1. The lowest BCUT2D eigenvalue weighted by molar-refractivity contribution is 0.278. The molecule has 0 heterocycles. The Morgan fingerprint density at radius 1 is 1.29 bits per heavy atom. The minimum atomic E-state index is 0.723. The fourth-order valence-corrected chi connectivity index (χ4v) is 3.17. The van der Waals surface area contributed by atoms with Gasteiger partial charge in [-0.25, -0.2) is 0 Å². The molecule has 0 aromatic heterocycles. The minimum Gasteiger partial charge on any atom is -0.310 e. The molecule has 0 radical (unpaired) electrons. The van der Waals surface area contributed by atoms with Gasteiger partial charge < -0.3 is 5.32 Å². The van der Waals surface area contributed by atoms with Crippen molar-refractivity contribution in [1.82, 2.24) is 5.32 Å². The van der Waals surface area contributed by atoms with Gasteiger partial charge in [-0.05, 0) is 30.4 Å². The van der Waals surface area contributed by atoms with Gasteiger partial charge in [-0.2, -0.15) is 0 Å². The maximum absolute atomic E-state index is 3.71. The summed E-state index contributed by atoms with van der Waals surface area (Å²) in [4.78, 5) is 0. The van der Waals surface area contributed by atoms with E-state index in [-0.39, 0.29) is 0 Å². The van der Waals surface area contributed by atoms with E-state index in [1.54, 1.807) is 0 Å². The van der Waals surface area contributed by atoms with Crippen LogP contribution in [0.5, 0.6) is 0 Å². The van der Waals surface area contributed by atoms with Crippen molar-refractivity contribution < 1.29 is 0 Å². The summed E-state index contributed by atoms with van der Waals surface area (Å²) in [6.45, 7) is 3.31. The van der Waals surface area contributed by atoms with Crippen molar-refractivity contribution in [2.24, 2.45) is 5.92 Å². The highest BCUT2D eigenvalue weighted by Crippen LogP contribution is 2.27. The summed E-state index contributed by atoms with van der Waals surface area (Å²) in [6, 6.07) is 9.21. The predicted octanol–water partition coefficient (Wildman–Crippen LogP) is 4.51. The van der Waals surface area contributed by atoms with Gasteiger partial charge in [0.1, 0.15) is 0 Å². The molecule has 1 aliphatic carbocycles. The predicted molar refractivity (Wildman–Crippen MR) is 77.0 cm³/mol. The average molecular weight is 296 g/mol. The Hall–Kier alpha value is -0.340. The molecule has 1 aliphatic rings. The Morgan fingerprint density at radius 2 is 2.12 bits per heavy atom. The van der Waals surface area contributed by atoms with Crippen LogP contribution >= 0.6 is 15.9 Å². The molecular formula is C15H22BrN. The first-order valence-corrected chi connectivity index (χ1v) is 7.55. The van der Waals surface area contributed by atoms with Gasteiger partial charge in [-0.1, -0.05) is 60.3 Å². The Morgan fingerprint density at radius 3 is 2.88 bits per heavy atom. The van der Waals surface area contributed by atoms with Crippen LogP contribution in [0.2, 0.25) is 0 Å². The second-order valence-corrected chi connectivity index (χ2v) is 5.96. The Bertz CT molecular complexity index is 351. The molecule has 1 aromatic rings. The van der Waals surface area contributed by atoms with Crippen molar-refractivity contribution in [3.8, 4) is 0 Å². The molecule has 2 rings (SSSR count). The molecule has 1 N–H and O–H groups in total. The van der Waals surface area contributed by atoms with E-state index in [0.717, 1.165) is 18.5 Å². The zero-order valence-electron chi connectivity index (χ0n) is 10.6. The number of hydrogen-bond acceptors (Lipinski definition) is 1. The fourth-order valence-electron chi connectivity index (χ4n) is 2.74. The molecule has 2 unspecified atom stereocenters. The SMILES string of the molecule is CCC1CCCC(NCc2ccccc2Br)C1. The number of hydrogen-bond donors (Lipinski definition) is 1. The lowest BCUT2D eigenvalue weighted by Crippen LogP contribution is -2.33. The maximum Gasteiger partial charge on any atom is 0.0220 e. The Labute approximate surface area is 113 Å². The number of halogens is 1. The van der Waals surface area contributed by atoms with Crippen LogP contribution < -0.4 is 5.32 Å². The average Bonchev–Trinajstić information content (AvgIpc) is 2.38. The van der Waals surface area contributed by atoms with E-state index >= 15 is 0 Å². The van der Waals surface area contributed by atoms with Gasteiger partial charge in [0.05, 0.1) is 0 Å². The van der Waals surface area contributed by atoms with E-state index in [1.165, 1.54) is 42.1 Å². The van der Waals surface area contributed by atoms with E-state index in [1.807, 2.05) is 0 Å². The summed E-state index contributed by atoms with van der Waals surface area (Å²) < 4.78 is 1.22. The molecule has 1 saturated carbocycles. The van der Waals surface area contributed by atoms with Crippen LogP contribution in [0.3, 0.4) is 0 Å². The molecule has 0 saturated heterocycles. The first-order valence-electron chi connectivity index (χ1n) is 6.76. The molecule has 17 heavy (non-hydrogen) atoms. The fraction of sp³-hybridized carbons (Fsp3) is 0.600.